The molecule has 0 saturated carbocycles. The summed E-state index contributed by atoms with van der Waals surface area (Å²) in [5.74, 6) is 0.709. The number of nitrogens with zero attached hydrogens (tertiary/aromatic N) is 1. The highest BCUT2D eigenvalue weighted by Gasteiger charge is 2.35. The van der Waals surface area contributed by atoms with Crippen molar-refractivity contribution in [3.63, 3.8) is 0 Å². The minimum atomic E-state index is -0.432. The second kappa shape index (κ2) is 9.07. The Morgan fingerprint density at radius 3 is 2.26 bits per heavy atom. The summed E-state index contributed by atoms with van der Waals surface area (Å²) in [6.45, 7) is 6.09. The van der Waals surface area contributed by atoms with Crippen molar-refractivity contribution in [2.24, 2.45) is 5.92 Å². The molecule has 3 rings (SSSR count). The van der Waals surface area contributed by atoms with Crippen LogP contribution in [0.15, 0.2) is 36.4 Å². The van der Waals surface area contributed by atoms with Crippen LogP contribution in [0.5, 0.6) is 11.5 Å². The monoisotopic (exact) mass is 425 g/mol. The van der Waals surface area contributed by atoms with Crippen molar-refractivity contribution in [3.05, 3.63) is 53.1 Å². The first-order valence-corrected chi connectivity index (χ1v) is 10.0. The molecule has 0 bridgehead atoms. The second-order valence-corrected chi connectivity index (χ2v) is 7.81. The van der Waals surface area contributed by atoms with Crippen LogP contribution in [0, 0.1) is 5.92 Å². The van der Waals surface area contributed by atoms with Gasteiger partial charge in [0.25, 0.3) is 11.8 Å². The third kappa shape index (κ3) is 4.63. The Morgan fingerprint density at radius 2 is 1.61 bits per heavy atom. The summed E-state index contributed by atoms with van der Waals surface area (Å²) in [6.07, 6.45) is 0. The lowest BCUT2D eigenvalue weighted by Gasteiger charge is -2.17. The fourth-order valence-corrected chi connectivity index (χ4v) is 3.47. The van der Waals surface area contributed by atoms with Crippen LogP contribution in [-0.4, -0.2) is 43.5 Å². The highest BCUT2D eigenvalue weighted by Crippen LogP contribution is 2.30. The molecule has 0 radical (unpaired) electrons. The normalized spacial score (nSPS) is 13.8. The summed E-state index contributed by atoms with van der Waals surface area (Å²) in [7, 11) is 3.11. The lowest BCUT2D eigenvalue weighted by Crippen LogP contribution is -2.33. The lowest BCUT2D eigenvalue weighted by molar-refractivity contribution is 0.0636. The number of carbonyl (C=O) groups excluding carboxylic acids is 3. The number of amides is 4. The predicted molar refractivity (Wildman–Crippen MR) is 117 cm³/mol. The molecule has 1 unspecified atom stereocenters. The lowest BCUT2D eigenvalue weighted by atomic mass is 10.1. The number of ether oxygens (including phenoxy) is 2. The largest absolute Gasteiger partial charge is 0.493 e. The van der Waals surface area contributed by atoms with Crippen molar-refractivity contribution < 1.29 is 23.9 Å². The predicted octanol–water partition coefficient (Wildman–Crippen LogP) is 3.84. The molecule has 1 aliphatic rings. The summed E-state index contributed by atoms with van der Waals surface area (Å²) in [5.41, 5.74) is 1.93. The molecule has 2 aromatic carbocycles. The minimum absolute atomic E-state index is 0.170. The molecule has 1 atom stereocenters. The minimum Gasteiger partial charge on any atom is -0.493 e. The van der Waals surface area contributed by atoms with Crippen molar-refractivity contribution in [1.82, 2.24) is 10.2 Å². The van der Waals surface area contributed by atoms with Crippen LogP contribution >= 0.6 is 0 Å². The van der Waals surface area contributed by atoms with E-state index in [1.165, 1.54) is 11.0 Å². The second-order valence-electron chi connectivity index (χ2n) is 7.81. The fraction of sp³-hybridized carbons (Fsp3) is 0.348. The first kappa shape index (κ1) is 22.1. The van der Waals surface area contributed by atoms with Crippen molar-refractivity contribution >= 4 is 23.5 Å². The number of hydrogen-bond donors (Lipinski definition) is 2. The van der Waals surface area contributed by atoms with E-state index >= 15 is 0 Å². The fourth-order valence-electron chi connectivity index (χ4n) is 3.47. The maximum atomic E-state index is 12.6. The van der Waals surface area contributed by atoms with Crippen molar-refractivity contribution in [1.29, 1.82) is 0 Å². The van der Waals surface area contributed by atoms with Crippen LogP contribution in [0.2, 0.25) is 0 Å². The number of anilines is 1. The molecule has 0 spiro atoms. The Balaban J connectivity index is 1.69. The van der Waals surface area contributed by atoms with Crippen LogP contribution in [-0.2, 0) is 0 Å². The van der Waals surface area contributed by atoms with E-state index in [2.05, 4.69) is 10.6 Å². The summed E-state index contributed by atoms with van der Waals surface area (Å²) in [5, 5.41) is 5.57. The standard InChI is InChI=1S/C23H27N3O5/c1-13(2)12-26-21(27)17-8-7-16(11-18(17)22(26)28)25-23(29)24-14(3)15-6-9-19(30-4)20(10-15)31-5/h6-11,13-14H,12H2,1-5H3,(H2,24,25,29). The molecule has 31 heavy (non-hydrogen) atoms. The number of methoxy groups -OCH3 is 2. The average molecular weight is 425 g/mol. The molecule has 2 N–H and O–H groups in total. The molecule has 2 aromatic rings. The number of benzene rings is 2. The van der Waals surface area contributed by atoms with E-state index < -0.39 is 6.03 Å². The third-order valence-electron chi connectivity index (χ3n) is 5.03. The zero-order valence-corrected chi connectivity index (χ0v) is 18.3. The quantitative estimate of drug-likeness (QED) is 0.657. The summed E-state index contributed by atoms with van der Waals surface area (Å²) in [6, 6.07) is 9.40. The number of carbonyl (C=O) groups is 3. The van der Waals surface area contributed by atoms with Gasteiger partial charge in [0.2, 0.25) is 0 Å². The maximum absolute atomic E-state index is 12.6. The highest BCUT2D eigenvalue weighted by molar-refractivity contribution is 6.21. The van der Waals surface area contributed by atoms with Gasteiger partial charge in [-0.1, -0.05) is 19.9 Å². The van der Waals surface area contributed by atoms with Gasteiger partial charge >= 0.3 is 6.03 Å². The number of rotatable bonds is 7. The van der Waals surface area contributed by atoms with Gasteiger partial charge in [-0.15, -0.1) is 0 Å². The van der Waals surface area contributed by atoms with E-state index in [1.54, 1.807) is 38.5 Å². The van der Waals surface area contributed by atoms with E-state index in [0.717, 1.165) is 5.56 Å². The van der Waals surface area contributed by atoms with Gasteiger partial charge in [-0.25, -0.2) is 4.79 Å². The van der Waals surface area contributed by atoms with Gasteiger partial charge in [-0.2, -0.15) is 0 Å². The molecule has 4 amide bonds. The van der Waals surface area contributed by atoms with Crippen LogP contribution in [0.1, 0.15) is 53.1 Å². The molecule has 0 saturated heterocycles. The van der Waals surface area contributed by atoms with E-state index in [-0.39, 0.29) is 23.8 Å². The smallest absolute Gasteiger partial charge is 0.319 e. The highest BCUT2D eigenvalue weighted by atomic mass is 16.5. The average Bonchev–Trinajstić information content (AvgIpc) is 2.97. The van der Waals surface area contributed by atoms with Crippen LogP contribution < -0.4 is 20.1 Å². The van der Waals surface area contributed by atoms with E-state index in [9.17, 15) is 14.4 Å². The van der Waals surface area contributed by atoms with Crippen LogP contribution in [0.25, 0.3) is 0 Å². The third-order valence-corrected chi connectivity index (χ3v) is 5.03. The molecular weight excluding hydrogens is 398 g/mol. The number of fused-ring (bicyclic) bond motifs is 1. The zero-order valence-electron chi connectivity index (χ0n) is 18.3. The Morgan fingerprint density at radius 1 is 0.935 bits per heavy atom. The van der Waals surface area contributed by atoms with Crippen molar-refractivity contribution in [2.45, 2.75) is 26.8 Å². The molecule has 0 aliphatic carbocycles. The molecule has 0 aromatic heterocycles. The van der Waals surface area contributed by atoms with E-state index in [0.29, 0.717) is 34.9 Å². The first-order valence-electron chi connectivity index (χ1n) is 10.0. The molecule has 164 valence electrons. The van der Waals surface area contributed by atoms with Crippen LogP contribution in [0.4, 0.5) is 10.5 Å². The molecule has 1 aliphatic heterocycles. The number of imide groups is 1. The molecular formula is C23H27N3O5. The Hall–Kier alpha value is -3.55. The summed E-state index contributed by atoms with van der Waals surface area (Å²) >= 11 is 0. The van der Waals surface area contributed by atoms with Crippen LogP contribution in [0.3, 0.4) is 0 Å². The number of nitrogens with one attached hydrogen (secondary N) is 2. The van der Waals surface area contributed by atoms with E-state index in [4.69, 9.17) is 9.47 Å². The van der Waals surface area contributed by atoms with Gasteiger partial charge in [0.15, 0.2) is 11.5 Å². The maximum Gasteiger partial charge on any atom is 0.319 e. The van der Waals surface area contributed by atoms with Crippen molar-refractivity contribution in [2.75, 3.05) is 26.1 Å². The number of urea groups is 1. The Labute approximate surface area is 181 Å². The Bertz CT molecular complexity index is 1020. The molecule has 8 nitrogen and oxygen atoms in total. The number of hydrogen-bond acceptors (Lipinski definition) is 5. The van der Waals surface area contributed by atoms with Gasteiger partial charge in [-0.3, -0.25) is 14.5 Å². The van der Waals surface area contributed by atoms with Crippen molar-refractivity contribution in [3.8, 4) is 11.5 Å². The summed E-state index contributed by atoms with van der Waals surface area (Å²) < 4.78 is 10.5. The van der Waals surface area contributed by atoms with Gasteiger partial charge in [-0.05, 0) is 48.7 Å². The Kier molecular flexibility index (Phi) is 6.48. The topological polar surface area (TPSA) is 97.0 Å². The van der Waals surface area contributed by atoms with Gasteiger partial charge in [0.05, 0.1) is 31.4 Å². The molecule has 1 heterocycles. The van der Waals surface area contributed by atoms with Gasteiger partial charge < -0.3 is 20.1 Å². The summed E-state index contributed by atoms with van der Waals surface area (Å²) in [4.78, 5) is 38.8. The van der Waals surface area contributed by atoms with Gasteiger partial charge in [0.1, 0.15) is 0 Å². The molecule has 0 fully saturated rings. The zero-order chi connectivity index (χ0) is 22.7. The van der Waals surface area contributed by atoms with Gasteiger partial charge in [0, 0.05) is 12.2 Å². The first-order chi connectivity index (χ1) is 14.7. The molecule has 8 heteroatoms. The SMILES string of the molecule is COc1ccc(C(C)NC(=O)Nc2ccc3c(c2)C(=O)N(CC(C)C)C3=O)cc1OC. The van der Waals surface area contributed by atoms with E-state index in [1.807, 2.05) is 26.8 Å².